The smallest absolute Gasteiger partial charge is 0.421 e. The molecule has 0 spiro atoms. The summed E-state index contributed by atoms with van der Waals surface area (Å²) in [4.78, 5) is 96.1. The lowest BCUT2D eigenvalue weighted by atomic mass is 9.82. The van der Waals surface area contributed by atoms with Crippen molar-refractivity contribution in [2.24, 2.45) is 23.7 Å². The number of nitrogens with one attached hydrogen (secondary N) is 2. The summed E-state index contributed by atoms with van der Waals surface area (Å²) in [5.41, 5.74) is 0.0939. The average Bonchev–Trinajstić information content (AvgIpc) is 2.30. The Morgan fingerprint density at radius 1 is 0.895 bits per heavy atom. The molecule has 24 heteroatoms. The van der Waals surface area contributed by atoms with Gasteiger partial charge in [-0.3, -0.25) is 24.0 Å². The number of methoxy groups -OCH3 is 3. The molecule has 3 amide bonds. The van der Waals surface area contributed by atoms with E-state index in [0.29, 0.717) is 50.3 Å². The van der Waals surface area contributed by atoms with Crippen LogP contribution in [0.3, 0.4) is 0 Å². The molecule has 20 nitrogen and oxygen atoms in total. The predicted octanol–water partition coefficient (Wildman–Crippen LogP) is 8.49. The quantitative estimate of drug-likeness (QED) is 0.0390. The van der Waals surface area contributed by atoms with Crippen LogP contribution in [0.2, 0.25) is 0 Å². The molecule has 2 aromatic rings. The van der Waals surface area contributed by atoms with Crippen molar-refractivity contribution >= 4 is 52.7 Å². The van der Waals surface area contributed by atoms with Crippen molar-refractivity contribution < 1.29 is 80.6 Å². The van der Waals surface area contributed by atoms with E-state index in [0.717, 1.165) is 55.1 Å². The number of alkyl halides is 3. The van der Waals surface area contributed by atoms with Crippen LogP contribution in [0.4, 0.5) is 35.0 Å². The highest BCUT2D eigenvalue weighted by molar-refractivity contribution is 6.39. The normalized spacial score (nSPS) is 27.3. The number of hydrogen-bond acceptors (Lipinski definition) is 17. The number of aromatic nitrogens is 2. The summed E-state index contributed by atoms with van der Waals surface area (Å²) in [6, 6.07) is 0.886. The van der Waals surface area contributed by atoms with Crippen LogP contribution in [0.5, 0.6) is 5.75 Å². The van der Waals surface area contributed by atoms with Crippen LogP contribution in [-0.4, -0.2) is 172 Å². The average molecular weight is 1220 g/mol. The van der Waals surface area contributed by atoms with Crippen LogP contribution in [0, 0.1) is 29.5 Å². The van der Waals surface area contributed by atoms with Crippen molar-refractivity contribution in [3.8, 4) is 5.75 Å². The Morgan fingerprint density at radius 3 is 2.24 bits per heavy atom. The Hall–Kier alpha value is -6.08. The van der Waals surface area contributed by atoms with Gasteiger partial charge in [-0.25, -0.2) is 14.2 Å². The number of amides is 3. The van der Waals surface area contributed by atoms with Gasteiger partial charge in [-0.1, -0.05) is 50.8 Å². The van der Waals surface area contributed by atoms with Gasteiger partial charge in [0.25, 0.3) is 17.6 Å². The highest BCUT2D eigenvalue weighted by Gasteiger charge is 2.48. The topological polar surface area (TPSA) is 260 Å². The third-order valence-corrected chi connectivity index (χ3v) is 17.4. The molecule has 1 aromatic heterocycles. The van der Waals surface area contributed by atoms with Gasteiger partial charge in [0.05, 0.1) is 36.7 Å². The van der Waals surface area contributed by atoms with Crippen LogP contribution in [-0.2, 0) is 44.4 Å². The summed E-state index contributed by atoms with van der Waals surface area (Å²) in [5, 5.41) is 39.8. The number of anilines is 3. The van der Waals surface area contributed by atoms with Crippen molar-refractivity contribution in [1.82, 2.24) is 24.7 Å². The molecule has 86 heavy (non-hydrogen) atoms. The molecule has 0 bridgehead atoms. The van der Waals surface area contributed by atoms with E-state index in [-0.39, 0.29) is 118 Å². The minimum Gasteiger partial charge on any atom is -0.495 e. The number of ether oxygens (including phenoxy) is 4. The number of cyclic esters (lactones) is 1. The number of ketones is 2. The Kier molecular flexibility index (Phi) is 25.5. The molecule has 0 radical (unpaired) electrons. The van der Waals surface area contributed by atoms with E-state index in [1.165, 1.54) is 32.1 Å². The minimum absolute atomic E-state index is 0.00722. The molecule has 5 N–H and O–H groups in total. The van der Waals surface area contributed by atoms with Gasteiger partial charge in [-0.2, -0.15) is 18.2 Å². The van der Waals surface area contributed by atoms with Gasteiger partial charge >= 0.3 is 12.1 Å². The van der Waals surface area contributed by atoms with Crippen LogP contribution >= 0.6 is 0 Å². The Morgan fingerprint density at radius 2 is 1.57 bits per heavy atom. The lowest BCUT2D eigenvalue weighted by Crippen LogP contribution is -2.58. The van der Waals surface area contributed by atoms with Crippen LogP contribution < -0.4 is 15.4 Å². The second-order valence-electron chi connectivity index (χ2n) is 23.6. The first-order valence-corrected chi connectivity index (χ1v) is 30.3. The molecule has 3 aliphatic heterocycles. The number of Topliss-reactive ketones (excluding diaryl/α,β-unsaturated/α-hetero) is 2. The number of halogens is 4. The largest absolute Gasteiger partial charge is 0.495 e. The van der Waals surface area contributed by atoms with Crippen LogP contribution in [0.15, 0.2) is 41.6 Å². The molecule has 1 saturated carbocycles. The number of nitrogens with zero attached hydrogens (tertiary/aromatic N) is 5. The molecular weight excluding hydrogens is 1130 g/mol. The Labute approximate surface area is 501 Å². The number of rotatable bonds is 14. The van der Waals surface area contributed by atoms with Gasteiger partial charge in [0.15, 0.2) is 0 Å². The van der Waals surface area contributed by atoms with Gasteiger partial charge in [-0.05, 0) is 115 Å². The number of aliphatic hydroxyl groups is 3. The molecule has 2 saturated heterocycles. The second kappa shape index (κ2) is 31.7. The summed E-state index contributed by atoms with van der Waals surface area (Å²) in [5.74, 6) is -12.0. The van der Waals surface area contributed by atoms with Crippen LogP contribution in [0.1, 0.15) is 160 Å². The third-order valence-electron chi connectivity index (χ3n) is 17.4. The predicted molar refractivity (Wildman–Crippen MR) is 311 cm³/mol. The number of carbonyl (C=O) groups excluding carboxylic acids is 6. The summed E-state index contributed by atoms with van der Waals surface area (Å²) >= 11 is 0. The maximum absolute atomic E-state index is 15.7. The molecule has 1 aliphatic carbocycles. The fourth-order valence-corrected chi connectivity index (χ4v) is 12.1. The van der Waals surface area contributed by atoms with Gasteiger partial charge in [0.2, 0.25) is 17.6 Å². The number of benzene rings is 1. The highest BCUT2D eigenvalue weighted by Crippen LogP contribution is 2.37. The SMILES string of the molecule is CCNc1nc(Nc2cc(F)c(C(=O)N3CCN(C(=O)CCC[C@@H]4/C=C(\C)CCCCC[C@@H](OC)C[C@@H](C)C(O)(O)C(=O)C(=O)N5CCCC[C@H]5C(=O)O[C@H](/C(C)=C/[C@@H]5CCC[C@H](OC)C5)[C@H](C)[C@@H](O)CC4=O)CC3)cc2OC)ncc1C(F)(F)F. The zero-order valence-corrected chi connectivity index (χ0v) is 51.0. The molecule has 0 unspecified atom stereocenters. The fraction of sp³-hybridized carbons (Fsp3) is 0.677. The van der Waals surface area contributed by atoms with E-state index in [2.05, 4.69) is 20.6 Å². The Balaban J connectivity index is 1.16. The van der Waals surface area contributed by atoms with E-state index < -0.39 is 94.8 Å². The summed E-state index contributed by atoms with van der Waals surface area (Å²) in [6.07, 6.45) is 5.12. The first-order chi connectivity index (χ1) is 40.8. The number of aliphatic hydroxyl groups excluding tert-OH is 1. The lowest BCUT2D eigenvalue weighted by molar-refractivity contribution is -0.208. The maximum atomic E-state index is 15.7. The van der Waals surface area contributed by atoms with E-state index in [9.17, 15) is 57.3 Å². The first-order valence-electron chi connectivity index (χ1n) is 30.3. The van der Waals surface area contributed by atoms with Gasteiger partial charge in [0, 0.05) is 96.3 Å². The van der Waals surface area contributed by atoms with Gasteiger partial charge in [0.1, 0.15) is 40.9 Å². The maximum Gasteiger partial charge on any atom is 0.421 e. The number of carbonyl (C=O) groups is 6. The fourth-order valence-electron chi connectivity index (χ4n) is 12.1. The molecule has 478 valence electrons. The molecule has 4 aliphatic rings. The van der Waals surface area contributed by atoms with E-state index >= 15 is 4.39 Å². The third kappa shape index (κ3) is 18.3. The monoisotopic (exact) mass is 1220 g/mol. The van der Waals surface area contributed by atoms with Gasteiger partial charge < -0.3 is 59.6 Å². The summed E-state index contributed by atoms with van der Waals surface area (Å²) < 4.78 is 79.6. The number of piperazine rings is 1. The van der Waals surface area contributed by atoms with E-state index in [1.807, 2.05) is 19.1 Å². The van der Waals surface area contributed by atoms with Crippen molar-refractivity contribution in [2.45, 2.75) is 186 Å². The Bertz CT molecular complexity index is 2740. The lowest BCUT2D eigenvalue weighted by Gasteiger charge is -2.38. The number of hydrogen-bond donors (Lipinski definition) is 5. The first kappa shape index (κ1) is 69.0. The molecule has 6 rings (SSSR count). The minimum atomic E-state index is -4.73. The van der Waals surface area contributed by atoms with Crippen molar-refractivity contribution in [3.63, 3.8) is 0 Å². The van der Waals surface area contributed by atoms with Gasteiger partial charge in [-0.15, -0.1) is 0 Å². The number of allylic oxidation sites excluding steroid dienone is 3. The second-order valence-corrected chi connectivity index (χ2v) is 23.6. The summed E-state index contributed by atoms with van der Waals surface area (Å²) in [7, 11) is 4.43. The molecule has 1 aromatic carbocycles. The number of piperidine rings is 1. The highest BCUT2D eigenvalue weighted by atomic mass is 19.4. The molecule has 4 heterocycles. The summed E-state index contributed by atoms with van der Waals surface area (Å²) in [6.45, 7) is 9.03. The zero-order valence-electron chi connectivity index (χ0n) is 51.0. The number of esters is 1. The molecule has 9 atom stereocenters. The van der Waals surface area contributed by atoms with Crippen molar-refractivity contribution in [3.05, 3.63) is 58.6 Å². The van der Waals surface area contributed by atoms with Crippen LogP contribution in [0.25, 0.3) is 0 Å². The standard InChI is InChI=1S/C62H89F4N7O13/c1-9-67-56-46(62(64,65)66)36-68-60(70-56)69-48-34-47(63)45(33-52(48)85-8)57(78)72-27-25-71(26-28-72)53(76)23-16-19-42-29-37(2)17-11-10-12-20-43(83-6)31-39(4)61(81,82)55(77)58(79)73-24-14-13-22-49(73)59(80)86-54(40(5)50(74)35-51(42)75)38(3)30-41-18-15-21-44(32-41)84-7/h29-30,33-34,36,39-44,49-50,54,74,81-82H,9-28,31-32,35H2,1-8H3,(H2,67,68,69,70)/b37-29+,38-30+/t39-,40-,41+,42-,43-,44+,49+,50+,54-/m1/s1. The van der Waals surface area contributed by atoms with Crippen molar-refractivity contribution in [2.75, 3.05) is 71.2 Å². The zero-order chi connectivity index (χ0) is 63.0. The molecule has 3 fully saturated rings. The van der Waals surface area contributed by atoms with E-state index in [4.69, 9.17) is 18.9 Å². The number of fused-ring (bicyclic) bond motifs is 1. The van der Waals surface area contributed by atoms with E-state index in [1.54, 1.807) is 32.8 Å². The molecular formula is C62H89F4N7O13. The van der Waals surface area contributed by atoms with Crippen molar-refractivity contribution in [1.29, 1.82) is 0 Å².